The fraction of sp³-hybridized carbons (Fsp3) is 0.182. The maximum Gasteiger partial charge on any atom is 0.241 e. The van der Waals surface area contributed by atoms with Crippen LogP contribution in [-0.4, -0.2) is 11.9 Å². The zero-order chi connectivity index (χ0) is 13.0. The second-order valence-electron chi connectivity index (χ2n) is 3.36. The zero-order valence-corrected chi connectivity index (χ0v) is 11.9. The van der Waals surface area contributed by atoms with Crippen molar-refractivity contribution in [1.29, 1.82) is 0 Å². The Bertz CT molecular complexity index is 428. The Balaban J connectivity index is 2.88. The number of benzene rings is 1. The summed E-state index contributed by atoms with van der Waals surface area (Å²) in [7, 11) is 0. The molecule has 0 radical (unpaired) electrons. The predicted molar refractivity (Wildman–Crippen MR) is 75.6 cm³/mol. The van der Waals surface area contributed by atoms with Gasteiger partial charge >= 0.3 is 0 Å². The summed E-state index contributed by atoms with van der Waals surface area (Å²) in [6.45, 7) is 3.52. The van der Waals surface area contributed by atoms with Crippen molar-refractivity contribution in [1.82, 2.24) is 0 Å². The van der Waals surface area contributed by atoms with Crippen LogP contribution in [0, 0.1) is 0 Å². The van der Waals surface area contributed by atoms with Gasteiger partial charge in [-0.2, -0.15) is 0 Å². The van der Waals surface area contributed by atoms with Crippen molar-refractivity contribution < 1.29 is 4.79 Å². The monoisotopic (exact) mass is 336 g/mol. The Morgan fingerprint density at radius 1 is 1.53 bits per heavy atom. The molecule has 0 saturated heterocycles. The van der Waals surface area contributed by atoms with Crippen molar-refractivity contribution in [2.45, 2.75) is 12.5 Å². The van der Waals surface area contributed by atoms with Crippen LogP contribution in [-0.2, 0) is 4.79 Å². The molecule has 0 bridgehead atoms. The van der Waals surface area contributed by atoms with Gasteiger partial charge in [0, 0.05) is 4.47 Å². The van der Waals surface area contributed by atoms with E-state index in [-0.39, 0.29) is 5.91 Å². The van der Waals surface area contributed by atoms with Crippen molar-refractivity contribution >= 4 is 50.7 Å². The molecule has 1 atom stereocenters. The molecule has 0 aliphatic heterocycles. The molecule has 1 aromatic rings. The standard InChI is InChI=1S/C11H11BrCl2N2O/c1-2-3-9(15)11(17)16-10-7(13)4-6(12)5-8(10)14/h2,4-5,9H,1,3,15H2,(H,16,17). The smallest absolute Gasteiger partial charge is 0.241 e. The molecule has 6 heteroatoms. The van der Waals surface area contributed by atoms with E-state index in [1.54, 1.807) is 18.2 Å². The van der Waals surface area contributed by atoms with Gasteiger partial charge < -0.3 is 11.1 Å². The van der Waals surface area contributed by atoms with E-state index in [1.165, 1.54) is 0 Å². The average molecular weight is 338 g/mol. The van der Waals surface area contributed by atoms with Crippen LogP contribution in [0.25, 0.3) is 0 Å². The third-order valence-electron chi connectivity index (χ3n) is 2.01. The Kier molecular flexibility index (Phi) is 5.46. The van der Waals surface area contributed by atoms with E-state index in [0.29, 0.717) is 22.2 Å². The van der Waals surface area contributed by atoms with Gasteiger partial charge in [-0.3, -0.25) is 4.79 Å². The number of amides is 1. The van der Waals surface area contributed by atoms with Gasteiger partial charge in [-0.05, 0) is 18.6 Å². The summed E-state index contributed by atoms with van der Waals surface area (Å²) < 4.78 is 0.737. The highest BCUT2D eigenvalue weighted by Gasteiger charge is 2.15. The van der Waals surface area contributed by atoms with Gasteiger partial charge in [-0.25, -0.2) is 0 Å². The summed E-state index contributed by atoms with van der Waals surface area (Å²) in [6.07, 6.45) is 1.96. The van der Waals surface area contributed by atoms with E-state index < -0.39 is 6.04 Å². The van der Waals surface area contributed by atoms with Crippen LogP contribution in [0.3, 0.4) is 0 Å². The second-order valence-corrected chi connectivity index (χ2v) is 5.09. The van der Waals surface area contributed by atoms with Gasteiger partial charge in [-0.1, -0.05) is 45.2 Å². The third-order valence-corrected chi connectivity index (χ3v) is 3.07. The van der Waals surface area contributed by atoms with Crippen LogP contribution in [0.2, 0.25) is 10.0 Å². The number of hydrogen-bond donors (Lipinski definition) is 2. The molecule has 1 aromatic carbocycles. The molecule has 1 unspecified atom stereocenters. The summed E-state index contributed by atoms with van der Waals surface area (Å²) in [4.78, 5) is 11.7. The molecule has 0 fully saturated rings. The number of nitrogens with one attached hydrogen (secondary N) is 1. The fourth-order valence-corrected chi connectivity index (χ4v) is 2.47. The number of carbonyl (C=O) groups is 1. The Morgan fingerprint density at radius 2 is 2.06 bits per heavy atom. The number of rotatable bonds is 4. The molecule has 3 nitrogen and oxygen atoms in total. The number of anilines is 1. The van der Waals surface area contributed by atoms with Gasteiger partial charge in [0.15, 0.2) is 0 Å². The van der Waals surface area contributed by atoms with E-state index >= 15 is 0 Å². The van der Waals surface area contributed by atoms with Crippen LogP contribution in [0.4, 0.5) is 5.69 Å². The van der Waals surface area contributed by atoms with Crippen molar-refractivity contribution in [3.05, 3.63) is 39.3 Å². The SMILES string of the molecule is C=CCC(N)C(=O)Nc1c(Cl)cc(Br)cc1Cl. The molecule has 0 heterocycles. The lowest BCUT2D eigenvalue weighted by atomic mass is 10.2. The molecule has 1 amide bonds. The first-order chi connectivity index (χ1) is 7.95. The number of nitrogens with two attached hydrogens (primary N) is 1. The van der Waals surface area contributed by atoms with E-state index in [4.69, 9.17) is 28.9 Å². The summed E-state index contributed by atoms with van der Waals surface area (Å²) in [5.74, 6) is -0.351. The van der Waals surface area contributed by atoms with Gasteiger partial charge in [0.2, 0.25) is 5.91 Å². The molecule has 0 spiro atoms. The van der Waals surface area contributed by atoms with Crippen molar-refractivity contribution in [2.24, 2.45) is 5.73 Å². The molecule has 17 heavy (non-hydrogen) atoms. The minimum absolute atomic E-state index is 0.350. The average Bonchev–Trinajstić information content (AvgIpc) is 2.23. The lowest BCUT2D eigenvalue weighted by Crippen LogP contribution is -2.35. The van der Waals surface area contributed by atoms with Crippen LogP contribution in [0.15, 0.2) is 29.3 Å². The summed E-state index contributed by atoms with van der Waals surface area (Å²) in [6, 6.07) is 2.62. The summed E-state index contributed by atoms with van der Waals surface area (Å²) >= 11 is 15.2. The number of carbonyl (C=O) groups excluding carboxylic acids is 1. The lowest BCUT2D eigenvalue weighted by Gasteiger charge is -2.13. The molecule has 0 aliphatic rings. The quantitative estimate of drug-likeness (QED) is 0.825. The highest BCUT2D eigenvalue weighted by atomic mass is 79.9. The predicted octanol–water partition coefficient (Wildman–Crippen LogP) is 3.60. The maximum atomic E-state index is 11.7. The van der Waals surface area contributed by atoms with E-state index in [1.807, 2.05) is 0 Å². The van der Waals surface area contributed by atoms with E-state index in [9.17, 15) is 4.79 Å². The van der Waals surface area contributed by atoms with Crippen molar-refractivity contribution in [3.8, 4) is 0 Å². The van der Waals surface area contributed by atoms with Gasteiger partial charge in [0.1, 0.15) is 0 Å². The zero-order valence-electron chi connectivity index (χ0n) is 8.84. The number of halogens is 3. The molecule has 0 aromatic heterocycles. The summed E-state index contributed by atoms with van der Waals surface area (Å²) in [5.41, 5.74) is 5.99. The van der Waals surface area contributed by atoms with Crippen LogP contribution >= 0.6 is 39.1 Å². The van der Waals surface area contributed by atoms with Crippen LogP contribution in [0.1, 0.15) is 6.42 Å². The maximum absolute atomic E-state index is 11.7. The molecule has 92 valence electrons. The largest absolute Gasteiger partial charge is 0.322 e. The Hall–Kier alpha value is -0.550. The Labute approximate surface area is 118 Å². The number of hydrogen-bond acceptors (Lipinski definition) is 2. The Morgan fingerprint density at radius 3 is 2.53 bits per heavy atom. The minimum Gasteiger partial charge on any atom is -0.322 e. The second kappa shape index (κ2) is 6.40. The van der Waals surface area contributed by atoms with Crippen LogP contribution in [0.5, 0.6) is 0 Å². The fourth-order valence-electron chi connectivity index (χ4n) is 1.16. The molecule has 3 N–H and O–H groups in total. The van der Waals surface area contributed by atoms with E-state index in [0.717, 1.165) is 4.47 Å². The highest BCUT2D eigenvalue weighted by molar-refractivity contribution is 9.10. The molecular weight excluding hydrogens is 327 g/mol. The van der Waals surface area contributed by atoms with Crippen LogP contribution < -0.4 is 11.1 Å². The van der Waals surface area contributed by atoms with E-state index in [2.05, 4.69) is 27.8 Å². The summed E-state index contributed by atoms with van der Waals surface area (Å²) in [5, 5.41) is 3.29. The first kappa shape index (κ1) is 14.5. The topological polar surface area (TPSA) is 55.1 Å². The normalized spacial score (nSPS) is 12.0. The molecule has 0 aliphatic carbocycles. The minimum atomic E-state index is -0.664. The molecular formula is C11H11BrCl2N2O. The van der Waals surface area contributed by atoms with Crippen molar-refractivity contribution in [2.75, 3.05) is 5.32 Å². The third kappa shape index (κ3) is 4.00. The lowest BCUT2D eigenvalue weighted by molar-refractivity contribution is -0.117. The van der Waals surface area contributed by atoms with Gasteiger partial charge in [-0.15, -0.1) is 6.58 Å². The van der Waals surface area contributed by atoms with Gasteiger partial charge in [0.05, 0.1) is 21.8 Å². The first-order valence-corrected chi connectivity index (χ1v) is 6.32. The first-order valence-electron chi connectivity index (χ1n) is 4.77. The van der Waals surface area contributed by atoms with Crippen molar-refractivity contribution in [3.63, 3.8) is 0 Å². The van der Waals surface area contributed by atoms with Gasteiger partial charge in [0.25, 0.3) is 0 Å². The molecule has 0 saturated carbocycles. The highest BCUT2D eigenvalue weighted by Crippen LogP contribution is 2.33. The molecule has 1 rings (SSSR count).